The molecule has 0 saturated heterocycles. The van der Waals surface area contributed by atoms with Crippen molar-refractivity contribution in [3.63, 3.8) is 0 Å². The van der Waals surface area contributed by atoms with Crippen LogP contribution in [0, 0.1) is 0 Å². The Labute approximate surface area is 68.2 Å². The zero-order chi connectivity index (χ0) is 7.49. The van der Waals surface area contributed by atoms with Crippen molar-refractivity contribution < 1.29 is 4.79 Å². The van der Waals surface area contributed by atoms with Crippen molar-refractivity contribution in [3.05, 3.63) is 0 Å². The van der Waals surface area contributed by atoms with E-state index in [1.807, 2.05) is 0 Å². The molecule has 0 heterocycles. The largest absolute Gasteiger partial charge is 0.324 e. The van der Waals surface area contributed by atoms with E-state index < -0.39 is 3.79 Å². The van der Waals surface area contributed by atoms with Crippen LogP contribution in [0.25, 0.3) is 0 Å². The van der Waals surface area contributed by atoms with E-state index in [9.17, 15) is 4.79 Å². The smallest absolute Gasteiger partial charge is 0.197 e. The summed E-state index contributed by atoms with van der Waals surface area (Å²) >= 11 is 15.8. The van der Waals surface area contributed by atoms with Gasteiger partial charge in [0.2, 0.25) is 0 Å². The SMILES string of the molecule is NCC(=O)CC(Cl)(Cl)Cl. The Bertz CT molecular complexity index is 109. The number of alkyl halides is 3. The fourth-order valence-electron chi connectivity index (χ4n) is 0.296. The predicted octanol–water partition coefficient (Wildman–Crippen LogP) is 1.27. The maximum Gasteiger partial charge on any atom is 0.197 e. The van der Waals surface area contributed by atoms with Gasteiger partial charge in [-0.3, -0.25) is 4.79 Å². The molecule has 0 aliphatic rings. The van der Waals surface area contributed by atoms with Crippen LogP contribution in [0.2, 0.25) is 0 Å². The second-order valence-electron chi connectivity index (χ2n) is 1.53. The monoisotopic (exact) mass is 189 g/mol. The Morgan fingerprint density at radius 2 is 1.89 bits per heavy atom. The molecule has 0 bridgehead atoms. The highest BCUT2D eigenvalue weighted by molar-refractivity contribution is 6.68. The van der Waals surface area contributed by atoms with Gasteiger partial charge in [0.05, 0.1) is 13.0 Å². The fourth-order valence-corrected chi connectivity index (χ4v) is 0.743. The molecule has 0 aliphatic heterocycles. The van der Waals surface area contributed by atoms with Crippen molar-refractivity contribution in [2.75, 3.05) is 6.54 Å². The number of hydrogen-bond donors (Lipinski definition) is 1. The molecule has 5 heteroatoms. The second-order valence-corrected chi connectivity index (χ2v) is 4.05. The van der Waals surface area contributed by atoms with Crippen molar-refractivity contribution in [3.8, 4) is 0 Å². The predicted molar refractivity (Wildman–Crippen MR) is 39.0 cm³/mol. The number of halogens is 3. The molecule has 0 rings (SSSR count). The normalized spacial score (nSPS) is 11.6. The summed E-state index contributed by atoms with van der Waals surface area (Å²) < 4.78 is -1.49. The lowest BCUT2D eigenvalue weighted by atomic mass is 10.3. The first-order chi connectivity index (χ1) is 3.95. The van der Waals surface area contributed by atoms with Crippen LogP contribution in [0.15, 0.2) is 0 Å². The van der Waals surface area contributed by atoms with E-state index in [0.29, 0.717) is 0 Å². The molecule has 0 unspecified atom stereocenters. The molecule has 9 heavy (non-hydrogen) atoms. The Kier molecular flexibility index (Phi) is 3.82. The summed E-state index contributed by atoms with van der Waals surface area (Å²) in [7, 11) is 0. The van der Waals surface area contributed by atoms with Gasteiger partial charge in [-0.05, 0) is 0 Å². The summed E-state index contributed by atoms with van der Waals surface area (Å²) in [6.07, 6.45) is -0.117. The Hall–Kier alpha value is 0.500. The number of rotatable bonds is 2. The summed E-state index contributed by atoms with van der Waals surface area (Å²) in [5, 5.41) is 0. The zero-order valence-electron chi connectivity index (χ0n) is 4.53. The van der Waals surface area contributed by atoms with Gasteiger partial charge in [-0.15, -0.1) is 0 Å². The van der Waals surface area contributed by atoms with Crippen molar-refractivity contribution in [2.24, 2.45) is 5.73 Å². The van der Waals surface area contributed by atoms with Crippen molar-refractivity contribution >= 4 is 40.6 Å². The Morgan fingerprint density at radius 1 is 1.44 bits per heavy atom. The molecule has 0 radical (unpaired) electrons. The molecule has 54 valence electrons. The molecule has 0 saturated carbocycles. The van der Waals surface area contributed by atoms with Gasteiger partial charge in [0.15, 0.2) is 9.58 Å². The van der Waals surface area contributed by atoms with Crippen LogP contribution < -0.4 is 5.73 Å². The first-order valence-electron chi connectivity index (χ1n) is 2.24. The molecule has 2 nitrogen and oxygen atoms in total. The van der Waals surface area contributed by atoms with Crippen LogP contribution >= 0.6 is 34.8 Å². The standard InChI is InChI=1S/C4H6Cl3NO/c5-4(6,7)1-3(9)2-8/h1-2,8H2. The van der Waals surface area contributed by atoms with Crippen molar-refractivity contribution in [1.82, 2.24) is 0 Å². The van der Waals surface area contributed by atoms with Crippen molar-refractivity contribution in [2.45, 2.75) is 10.2 Å². The molecule has 2 N–H and O–H groups in total. The van der Waals surface area contributed by atoms with E-state index in [-0.39, 0.29) is 18.7 Å². The van der Waals surface area contributed by atoms with Gasteiger partial charge in [-0.1, -0.05) is 34.8 Å². The minimum absolute atomic E-state index is 0.0755. The van der Waals surface area contributed by atoms with E-state index in [1.54, 1.807) is 0 Å². The number of ketones is 1. The number of nitrogens with two attached hydrogens (primary N) is 1. The van der Waals surface area contributed by atoms with E-state index in [0.717, 1.165) is 0 Å². The molecule has 0 atom stereocenters. The molecule has 0 spiro atoms. The average molecular weight is 190 g/mol. The summed E-state index contributed by atoms with van der Waals surface area (Å²) in [5.41, 5.74) is 4.95. The maximum absolute atomic E-state index is 10.4. The quantitative estimate of drug-likeness (QED) is 0.667. The van der Waals surface area contributed by atoms with Crippen LogP contribution in [0.3, 0.4) is 0 Å². The number of Topliss-reactive ketones (excluding diaryl/α,β-unsaturated/α-hetero) is 1. The van der Waals surface area contributed by atoms with Gasteiger partial charge in [-0.25, -0.2) is 0 Å². The number of hydrogen-bond acceptors (Lipinski definition) is 2. The first kappa shape index (κ1) is 9.50. The number of carbonyl (C=O) groups is 1. The second kappa shape index (κ2) is 3.62. The number of carbonyl (C=O) groups excluding carboxylic acids is 1. The highest BCUT2D eigenvalue weighted by Crippen LogP contribution is 2.29. The fraction of sp³-hybridized carbons (Fsp3) is 0.750. The molecular formula is C4H6Cl3NO. The highest BCUT2D eigenvalue weighted by atomic mass is 35.6. The average Bonchev–Trinajstić information content (AvgIpc) is 1.62. The van der Waals surface area contributed by atoms with Crippen LogP contribution in [0.5, 0.6) is 0 Å². The highest BCUT2D eigenvalue weighted by Gasteiger charge is 2.22. The van der Waals surface area contributed by atoms with Gasteiger partial charge >= 0.3 is 0 Å². The molecule has 0 aromatic heterocycles. The van der Waals surface area contributed by atoms with Crippen LogP contribution in [-0.2, 0) is 4.79 Å². The zero-order valence-corrected chi connectivity index (χ0v) is 6.80. The van der Waals surface area contributed by atoms with Crippen molar-refractivity contribution in [1.29, 1.82) is 0 Å². The Morgan fingerprint density at radius 3 is 2.00 bits per heavy atom. The van der Waals surface area contributed by atoms with Gasteiger partial charge in [0.1, 0.15) is 0 Å². The molecule has 0 aliphatic carbocycles. The van der Waals surface area contributed by atoms with Gasteiger partial charge in [0.25, 0.3) is 0 Å². The minimum Gasteiger partial charge on any atom is -0.324 e. The lowest BCUT2D eigenvalue weighted by Crippen LogP contribution is -2.19. The van der Waals surface area contributed by atoms with Crippen LogP contribution in [-0.4, -0.2) is 16.1 Å². The summed E-state index contributed by atoms with van der Waals surface area (Å²) in [6.45, 7) is -0.0755. The third-order valence-electron chi connectivity index (χ3n) is 0.625. The molecular weight excluding hydrogens is 184 g/mol. The van der Waals surface area contributed by atoms with E-state index in [4.69, 9.17) is 40.5 Å². The summed E-state index contributed by atoms with van der Waals surface area (Å²) in [5.74, 6) is -0.255. The first-order valence-corrected chi connectivity index (χ1v) is 3.37. The third-order valence-corrected chi connectivity index (χ3v) is 1.03. The minimum atomic E-state index is -1.49. The van der Waals surface area contributed by atoms with E-state index in [1.165, 1.54) is 0 Å². The van der Waals surface area contributed by atoms with Gasteiger partial charge in [-0.2, -0.15) is 0 Å². The maximum atomic E-state index is 10.4. The van der Waals surface area contributed by atoms with Crippen LogP contribution in [0.1, 0.15) is 6.42 Å². The van der Waals surface area contributed by atoms with Gasteiger partial charge in [0, 0.05) is 0 Å². The molecule has 0 fully saturated rings. The molecule has 0 aromatic rings. The lowest BCUT2D eigenvalue weighted by molar-refractivity contribution is -0.117. The third kappa shape index (κ3) is 6.38. The van der Waals surface area contributed by atoms with E-state index >= 15 is 0 Å². The van der Waals surface area contributed by atoms with Gasteiger partial charge < -0.3 is 5.73 Å². The topological polar surface area (TPSA) is 43.1 Å². The molecule has 0 amide bonds. The summed E-state index contributed by atoms with van der Waals surface area (Å²) in [6, 6.07) is 0. The lowest BCUT2D eigenvalue weighted by Gasteiger charge is -2.06. The molecule has 0 aromatic carbocycles. The van der Waals surface area contributed by atoms with E-state index in [2.05, 4.69) is 0 Å². The summed E-state index contributed by atoms with van der Waals surface area (Å²) in [4.78, 5) is 10.4. The Balaban J connectivity index is 3.60. The van der Waals surface area contributed by atoms with Crippen LogP contribution in [0.4, 0.5) is 0 Å².